The average molecular weight is 323 g/mol. The number of hydrogen-bond donors (Lipinski definition) is 1. The van der Waals surface area contributed by atoms with Crippen molar-refractivity contribution < 1.29 is 9.26 Å². The average Bonchev–Trinajstić information content (AvgIpc) is 2.73. The SMILES string of the molecule is Nc1oncc1-c1cc(Br)cc(OCC2CCC2)c1. The van der Waals surface area contributed by atoms with Crippen LogP contribution in [-0.2, 0) is 0 Å². The quantitative estimate of drug-likeness (QED) is 0.928. The van der Waals surface area contributed by atoms with Gasteiger partial charge in [-0.15, -0.1) is 0 Å². The van der Waals surface area contributed by atoms with Crippen molar-refractivity contribution >= 4 is 21.8 Å². The molecule has 0 unspecified atom stereocenters. The number of halogens is 1. The number of nitrogens with zero attached hydrogens (tertiary/aromatic N) is 1. The Morgan fingerprint density at radius 1 is 1.37 bits per heavy atom. The monoisotopic (exact) mass is 322 g/mol. The van der Waals surface area contributed by atoms with Gasteiger partial charge in [0.25, 0.3) is 0 Å². The van der Waals surface area contributed by atoms with Crippen LogP contribution in [0.4, 0.5) is 5.88 Å². The summed E-state index contributed by atoms with van der Waals surface area (Å²) in [5.74, 6) is 1.88. The molecule has 0 bridgehead atoms. The molecule has 2 N–H and O–H groups in total. The van der Waals surface area contributed by atoms with Crippen LogP contribution < -0.4 is 10.5 Å². The van der Waals surface area contributed by atoms with Crippen molar-refractivity contribution in [3.8, 4) is 16.9 Å². The maximum atomic E-state index is 5.85. The molecule has 4 nitrogen and oxygen atoms in total. The second-order valence-corrected chi connectivity index (χ2v) is 5.80. The zero-order valence-electron chi connectivity index (χ0n) is 10.4. The highest BCUT2D eigenvalue weighted by Gasteiger charge is 2.18. The Morgan fingerprint density at radius 2 is 2.21 bits per heavy atom. The van der Waals surface area contributed by atoms with Crippen molar-refractivity contribution in [3.05, 3.63) is 28.9 Å². The van der Waals surface area contributed by atoms with Gasteiger partial charge in [0.1, 0.15) is 5.75 Å². The molecule has 0 spiro atoms. The van der Waals surface area contributed by atoms with Crippen molar-refractivity contribution in [2.75, 3.05) is 12.3 Å². The number of ether oxygens (including phenoxy) is 1. The first-order valence-electron chi connectivity index (χ1n) is 6.36. The minimum Gasteiger partial charge on any atom is -0.493 e. The molecule has 100 valence electrons. The van der Waals surface area contributed by atoms with E-state index in [9.17, 15) is 0 Å². The zero-order chi connectivity index (χ0) is 13.2. The molecule has 1 aliphatic carbocycles. The highest BCUT2D eigenvalue weighted by Crippen LogP contribution is 2.33. The molecule has 0 radical (unpaired) electrons. The van der Waals surface area contributed by atoms with E-state index in [0.29, 0.717) is 11.8 Å². The van der Waals surface area contributed by atoms with E-state index >= 15 is 0 Å². The topological polar surface area (TPSA) is 61.3 Å². The van der Waals surface area contributed by atoms with E-state index in [2.05, 4.69) is 21.1 Å². The van der Waals surface area contributed by atoms with Gasteiger partial charge >= 0.3 is 0 Å². The van der Waals surface area contributed by atoms with Gasteiger partial charge in [0.15, 0.2) is 0 Å². The van der Waals surface area contributed by atoms with Gasteiger partial charge in [0.2, 0.25) is 5.88 Å². The third-order valence-corrected chi connectivity index (χ3v) is 3.95. The Morgan fingerprint density at radius 3 is 2.84 bits per heavy atom. The number of hydrogen-bond acceptors (Lipinski definition) is 4. The molecule has 0 aliphatic heterocycles. The van der Waals surface area contributed by atoms with E-state index in [1.54, 1.807) is 6.20 Å². The highest BCUT2D eigenvalue weighted by molar-refractivity contribution is 9.10. The van der Waals surface area contributed by atoms with Gasteiger partial charge in [-0.25, -0.2) is 0 Å². The van der Waals surface area contributed by atoms with Gasteiger partial charge < -0.3 is 15.0 Å². The Hall–Kier alpha value is -1.49. The van der Waals surface area contributed by atoms with Crippen LogP contribution in [0, 0.1) is 5.92 Å². The van der Waals surface area contributed by atoms with Gasteiger partial charge in [-0.2, -0.15) is 0 Å². The summed E-state index contributed by atoms with van der Waals surface area (Å²) in [6, 6.07) is 5.90. The first-order valence-corrected chi connectivity index (χ1v) is 7.15. The zero-order valence-corrected chi connectivity index (χ0v) is 12.0. The molecular weight excluding hydrogens is 308 g/mol. The van der Waals surface area contributed by atoms with Crippen molar-refractivity contribution in [2.45, 2.75) is 19.3 Å². The lowest BCUT2D eigenvalue weighted by atomic mass is 9.86. The fraction of sp³-hybridized carbons (Fsp3) is 0.357. The summed E-state index contributed by atoms with van der Waals surface area (Å²) in [4.78, 5) is 0. The summed E-state index contributed by atoms with van der Waals surface area (Å²) in [6.45, 7) is 0.787. The highest BCUT2D eigenvalue weighted by atomic mass is 79.9. The van der Waals surface area contributed by atoms with Crippen LogP contribution in [0.2, 0.25) is 0 Å². The Bertz CT molecular complexity index is 579. The molecule has 0 amide bonds. The molecule has 0 saturated heterocycles. The maximum absolute atomic E-state index is 5.85. The van der Waals surface area contributed by atoms with Crippen LogP contribution >= 0.6 is 15.9 Å². The van der Waals surface area contributed by atoms with Crippen molar-refractivity contribution in [1.82, 2.24) is 5.16 Å². The van der Waals surface area contributed by atoms with E-state index in [0.717, 1.165) is 28.0 Å². The van der Waals surface area contributed by atoms with Crippen LogP contribution in [0.3, 0.4) is 0 Å². The molecule has 1 aliphatic rings. The summed E-state index contributed by atoms with van der Waals surface area (Å²) in [5, 5.41) is 3.70. The van der Waals surface area contributed by atoms with E-state index in [1.807, 2.05) is 18.2 Å². The lowest BCUT2D eigenvalue weighted by molar-refractivity contribution is 0.180. The molecule has 1 aromatic carbocycles. The first kappa shape index (κ1) is 12.5. The molecule has 5 heteroatoms. The Balaban J connectivity index is 1.81. The Kier molecular flexibility index (Phi) is 3.46. The summed E-state index contributed by atoms with van der Waals surface area (Å²) < 4.78 is 11.7. The van der Waals surface area contributed by atoms with Crippen LogP contribution in [0.15, 0.2) is 33.4 Å². The number of rotatable bonds is 4. The predicted octanol–water partition coefficient (Wildman–Crippen LogP) is 3.87. The second-order valence-electron chi connectivity index (χ2n) is 4.89. The van der Waals surface area contributed by atoms with Crippen LogP contribution in [0.5, 0.6) is 5.75 Å². The van der Waals surface area contributed by atoms with Crippen molar-refractivity contribution in [2.24, 2.45) is 5.92 Å². The smallest absolute Gasteiger partial charge is 0.229 e. The van der Waals surface area contributed by atoms with E-state index in [1.165, 1.54) is 19.3 Å². The minimum absolute atomic E-state index is 0.322. The molecule has 2 aromatic rings. The largest absolute Gasteiger partial charge is 0.493 e. The molecular formula is C14H15BrN2O2. The summed E-state index contributed by atoms with van der Waals surface area (Å²) in [6.07, 6.45) is 5.50. The fourth-order valence-electron chi connectivity index (χ4n) is 2.14. The molecule has 1 aromatic heterocycles. The molecule has 0 atom stereocenters. The number of aromatic nitrogens is 1. The van der Waals surface area contributed by atoms with Gasteiger partial charge in [-0.3, -0.25) is 0 Å². The van der Waals surface area contributed by atoms with Gasteiger partial charge in [-0.05, 0) is 42.5 Å². The van der Waals surface area contributed by atoms with Crippen molar-refractivity contribution in [3.63, 3.8) is 0 Å². The fourth-order valence-corrected chi connectivity index (χ4v) is 2.61. The van der Waals surface area contributed by atoms with Crippen LogP contribution in [0.25, 0.3) is 11.1 Å². The van der Waals surface area contributed by atoms with Crippen LogP contribution in [0.1, 0.15) is 19.3 Å². The Labute approximate surface area is 120 Å². The lowest BCUT2D eigenvalue weighted by Gasteiger charge is -2.25. The number of benzene rings is 1. The van der Waals surface area contributed by atoms with E-state index < -0.39 is 0 Å². The summed E-state index contributed by atoms with van der Waals surface area (Å²) in [5.41, 5.74) is 7.47. The normalized spacial score (nSPS) is 15.2. The molecule has 1 fully saturated rings. The second kappa shape index (κ2) is 5.25. The number of nitrogens with two attached hydrogens (primary N) is 1. The van der Waals surface area contributed by atoms with Crippen LogP contribution in [-0.4, -0.2) is 11.8 Å². The first-order chi connectivity index (χ1) is 9.22. The third-order valence-electron chi connectivity index (χ3n) is 3.49. The molecule has 1 saturated carbocycles. The van der Waals surface area contributed by atoms with Gasteiger partial charge in [0, 0.05) is 4.47 Å². The van der Waals surface area contributed by atoms with Gasteiger partial charge in [-0.1, -0.05) is 27.5 Å². The third kappa shape index (κ3) is 2.76. The summed E-state index contributed by atoms with van der Waals surface area (Å²) in [7, 11) is 0. The minimum atomic E-state index is 0.322. The molecule has 19 heavy (non-hydrogen) atoms. The number of anilines is 1. The summed E-state index contributed by atoms with van der Waals surface area (Å²) >= 11 is 3.49. The van der Waals surface area contributed by atoms with Crippen molar-refractivity contribution in [1.29, 1.82) is 0 Å². The lowest BCUT2D eigenvalue weighted by Crippen LogP contribution is -2.19. The number of nitrogen functional groups attached to an aromatic ring is 1. The predicted molar refractivity (Wildman–Crippen MR) is 76.9 cm³/mol. The molecule has 3 rings (SSSR count). The van der Waals surface area contributed by atoms with E-state index in [4.69, 9.17) is 15.0 Å². The standard InChI is InChI=1S/C14H15BrN2O2/c15-11-4-10(13-7-17-19-14(13)16)5-12(6-11)18-8-9-2-1-3-9/h4-7,9H,1-3,8,16H2. The maximum Gasteiger partial charge on any atom is 0.229 e. The molecule has 1 heterocycles. The van der Waals surface area contributed by atoms with E-state index in [-0.39, 0.29) is 0 Å². The van der Waals surface area contributed by atoms with Gasteiger partial charge in [0.05, 0.1) is 18.4 Å².